The number of likely N-dealkylation sites (tertiary alicyclic amines) is 1. The van der Waals surface area contributed by atoms with Gasteiger partial charge < -0.3 is 14.2 Å². The first-order valence-corrected chi connectivity index (χ1v) is 11.4. The van der Waals surface area contributed by atoms with Crippen LogP contribution in [-0.4, -0.2) is 48.6 Å². The number of ether oxygens (including phenoxy) is 3. The number of amides is 2. The lowest BCUT2D eigenvalue weighted by atomic mass is 9.63. The van der Waals surface area contributed by atoms with E-state index >= 15 is 0 Å². The normalized spacial score (nSPS) is 28.3. The van der Waals surface area contributed by atoms with Crippen molar-refractivity contribution in [1.29, 1.82) is 0 Å². The van der Waals surface area contributed by atoms with Crippen LogP contribution in [0, 0.1) is 23.7 Å². The van der Waals surface area contributed by atoms with Crippen molar-refractivity contribution in [3.63, 3.8) is 0 Å². The first-order valence-electron chi connectivity index (χ1n) is 11.4. The summed E-state index contributed by atoms with van der Waals surface area (Å²) in [5.74, 6) is -3.38. The average Bonchev–Trinajstić information content (AvgIpc) is 3.10. The largest absolute Gasteiger partial charge is 0.469 e. The highest BCUT2D eigenvalue weighted by Gasteiger charge is 2.59. The van der Waals surface area contributed by atoms with Crippen LogP contribution in [-0.2, 0) is 35.2 Å². The number of allylic oxidation sites excluding steroid dienone is 1. The van der Waals surface area contributed by atoms with Gasteiger partial charge in [-0.25, -0.2) is 9.69 Å². The Morgan fingerprint density at radius 3 is 2.55 bits per heavy atom. The summed E-state index contributed by atoms with van der Waals surface area (Å²) in [6.45, 7) is 1.13. The molecule has 5 atom stereocenters. The quantitative estimate of drug-likeness (QED) is 0.382. The lowest BCUT2D eigenvalue weighted by Crippen LogP contribution is -2.43. The molecule has 8 heteroatoms. The average molecular weight is 456 g/mol. The van der Waals surface area contributed by atoms with Gasteiger partial charge >= 0.3 is 18.0 Å². The smallest absolute Gasteiger partial charge is 0.417 e. The second kappa shape index (κ2) is 9.77. The van der Waals surface area contributed by atoms with Crippen molar-refractivity contribution in [2.24, 2.45) is 23.7 Å². The fraction of sp³-hybridized carbons (Fsp3) is 0.520. The lowest BCUT2D eigenvalue weighted by Gasteiger charge is -2.40. The molecule has 1 saturated carbocycles. The van der Waals surface area contributed by atoms with E-state index in [4.69, 9.17) is 14.2 Å². The maximum absolute atomic E-state index is 13.6. The molecule has 2 fully saturated rings. The summed E-state index contributed by atoms with van der Waals surface area (Å²) in [5.41, 5.74) is 1.91. The summed E-state index contributed by atoms with van der Waals surface area (Å²) >= 11 is 0. The zero-order valence-corrected chi connectivity index (χ0v) is 18.9. The molecule has 0 radical (unpaired) electrons. The Labute approximate surface area is 192 Å². The molecule has 0 aromatic heterocycles. The summed E-state index contributed by atoms with van der Waals surface area (Å²) in [6.07, 6.45) is 4.86. The number of hydrogen-bond acceptors (Lipinski definition) is 7. The monoisotopic (exact) mass is 455 g/mol. The number of esters is 2. The van der Waals surface area contributed by atoms with Crippen LogP contribution in [0.2, 0.25) is 0 Å². The molecule has 33 heavy (non-hydrogen) atoms. The molecule has 2 aliphatic carbocycles. The highest BCUT2D eigenvalue weighted by Crippen LogP contribution is 2.50. The highest BCUT2D eigenvalue weighted by molar-refractivity contribution is 5.98. The third kappa shape index (κ3) is 4.51. The number of carbonyl (C=O) groups excluding carboxylic acids is 4. The summed E-state index contributed by atoms with van der Waals surface area (Å²) in [4.78, 5) is 52.1. The van der Waals surface area contributed by atoms with E-state index in [1.54, 1.807) is 0 Å². The number of carbonyl (C=O) groups is 4. The van der Waals surface area contributed by atoms with Gasteiger partial charge in [0.05, 0.1) is 25.0 Å². The number of rotatable bonds is 5. The van der Waals surface area contributed by atoms with Gasteiger partial charge in [-0.3, -0.25) is 14.4 Å². The van der Waals surface area contributed by atoms with Gasteiger partial charge in [0.2, 0.25) is 5.91 Å². The van der Waals surface area contributed by atoms with E-state index in [1.807, 2.05) is 36.4 Å². The van der Waals surface area contributed by atoms with Gasteiger partial charge in [-0.05, 0) is 30.7 Å². The van der Waals surface area contributed by atoms with Gasteiger partial charge in [-0.15, -0.1) is 0 Å². The zero-order chi connectivity index (χ0) is 23.5. The van der Waals surface area contributed by atoms with Crippen molar-refractivity contribution in [1.82, 2.24) is 4.90 Å². The highest BCUT2D eigenvalue weighted by atomic mass is 16.6. The summed E-state index contributed by atoms with van der Waals surface area (Å²) in [7, 11) is 1.32. The van der Waals surface area contributed by atoms with E-state index in [-0.39, 0.29) is 19.1 Å². The Bertz CT molecular complexity index is 957. The third-order valence-electron chi connectivity index (χ3n) is 6.98. The van der Waals surface area contributed by atoms with Crippen molar-refractivity contribution < 1.29 is 33.4 Å². The van der Waals surface area contributed by atoms with Gasteiger partial charge in [0.15, 0.2) is 0 Å². The van der Waals surface area contributed by atoms with Gasteiger partial charge in [0.25, 0.3) is 0 Å². The molecule has 4 rings (SSSR count). The van der Waals surface area contributed by atoms with E-state index < -0.39 is 47.7 Å². The SMILES string of the molecule is COC(=O)[C@@H]1[C@@H]2C(=O)N(C(=O)OCc3ccccc3)[C@H](COC(C)=O)[C@@H]2C=C2CCCC[C@@H]21. The van der Waals surface area contributed by atoms with Gasteiger partial charge in [-0.1, -0.05) is 48.4 Å². The van der Waals surface area contributed by atoms with Crippen molar-refractivity contribution >= 4 is 23.9 Å². The Morgan fingerprint density at radius 1 is 1.09 bits per heavy atom. The molecular formula is C25H29NO7. The van der Waals surface area contributed by atoms with Crippen molar-refractivity contribution in [3.05, 3.63) is 47.5 Å². The minimum Gasteiger partial charge on any atom is -0.469 e. The minimum atomic E-state index is -0.805. The molecule has 0 bridgehead atoms. The van der Waals surface area contributed by atoms with Crippen LogP contribution in [0.15, 0.2) is 42.0 Å². The number of hydrogen-bond donors (Lipinski definition) is 0. The predicted molar refractivity (Wildman–Crippen MR) is 116 cm³/mol. The van der Waals surface area contributed by atoms with Gasteiger partial charge in [0.1, 0.15) is 13.2 Å². The molecule has 3 aliphatic rings. The van der Waals surface area contributed by atoms with Crippen molar-refractivity contribution in [2.45, 2.75) is 45.3 Å². The number of fused-ring (bicyclic) bond motifs is 2. The predicted octanol–water partition coefficient (Wildman–Crippen LogP) is 3.25. The number of nitrogens with zero attached hydrogens (tertiary/aromatic N) is 1. The zero-order valence-electron chi connectivity index (χ0n) is 18.9. The van der Waals surface area contributed by atoms with E-state index in [9.17, 15) is 19.2 Å². The minimum absolute atomic E-state index is 0.00319. The first kappa shape index (κ1) is 23.0. The topological polar surface area (TPSA) is 99.2 Å². The van der Waals surface area contributed by atoms with Crippen LogP contribution in [0.5, 0.6) is 0 Å². The molecule has 1 aromatic rings. The lowest BCUT2D eigenvalue weighted by molar-refractivity contribution is -0.154. The fourth-order valence-corrected chi connectivity index (χ4v) is 5.54. The summed E-state index contributed by atoms with van der Waals surface area (Å²) in [5, 5.41) is 0. The Kier molecular flexibility index (Phi) is 6.81. The van der Waals surface area contributed by atoms with E-state index in [2.05, 4.69) is 0 Å². The van der Waals surface area contributed by atoms with E-state index in [0.717, 1.165) is 41.7 Å². The first-order chi connectivity index (χ1) is 15.9. The molecule has 0 N–H and O–H groups in total. The molecule has 1 aliphatic heterocycles. The second-order valence-corrected chi connectivity index (χ2v) is 8.86. The molecule has 176 valence electrons. The second-order valence-electron chi connectivity index (χ2n) is 8.86. The molecule has 1 heterocycles. The van der Waals surface area contributed by atoms with Crippen LogP contribution in [0.25, 0.3) is 0 Å². The molecule has 0 unspecified atom stereocenters. The molecule has 1 saturated heterocycles. The molecule has 2 amide bonds. The third-order valence-corrected chi connectivity index (χ3v) is 6.98. The van der Waals surface area contributed by atoms with E-state index in [1.165, 1.54) is 14.0 Å². The van der Waals surface area contributed by atoms with Crippen molar-refractivity contribution in [3.8, 4) is 0 Å². The fourth-order valence-electron chi connectivity index (χ4n) is 5.54. The standard InChI is InChI=1S/C25H29NO7/c1-15(27)32-14-20-19-12-17-10-6-7-11-18(17)22(24(29)31-2)21(19)23(28)26(20)25(30)33-13-16-8-4-3-5-9-16/h3-5,8-9,12,18-22H,6-7,10-11,13-14H2,1-2H3/t18-,19-,20+,21+,22-/m0/s1. The Morgan fingerprint density at radius 2 is 1.85 bits per heavy atom. The Balaban J connectivity index is 1.65. The summed E-state index contributed by atoms with van der Waals surface area (Å²) < 4.78 is 15.8. The van der Waals surface area contributed by atoms with Gasteiger partial charge in [-0.2, -0.15) is 0 Å². The van der Waals surface area contributed by atoms with Crippen LogP contribution in [0.1, 0.15) is 38.2 Å². The maximum Gasteiger partial charge on any atom is 0.417 e. The number of methoxy groups -OCH3 is 1. The molecule has 8 nitrogen and oxygen atoms in total. The molecule has 0 spiro atoms. The van der Waals surface area contributed by atoms with Gasteiger partial charge in [0, 0.05) is 12.8 Å². The number of benzene rings is 1. The van der Waals surface area contributed by atoms with Crippen molar-refractivity contribution in [2.75, 3.05) is 13.7 Å². The van der Waals surface area contributed by atoms with Crippen LogP contribution in [0.3, 0.4) is 0 Å². The maximum atomic E-state index is 13.6. The Hall–Kier alpha value is -3.16. The molecule has 1 aromatic carbocycles. The molecular weight excluding hydrogens is 426 g/mol. The summed E-state index contributed by atoms with van der Waals surface area (Å²) in [6, 6.07) is 8.41. The van der Waals surface area contributed by atoms with E-state index in [0.29, 0.717) is 0 Å². The van der Waals surface area contributed by atoms with Crippen LogP contribution < -0.4 is 0 Å². The number of imide groups is 1. The van der Waals surface area contributed by atoms with Crippen LogP contribution in [0.4, 0.5) is 4.79 Å². The van der Waals surface area contributed by atoms with Crippen LogP contribution >= 0.6 is 0 Å².